The molecule has 2 fully saturated rings. The molecule has 1 aromatic heterocycles. The average molecular weight is 489 g/mol. The minimum atomic E-state index is -0.619. The van der Waals surface area contributed by atoms with Gasteiger partial charge in [0.05, 0.1) is 22.6 Å². The van der Waals surface area contributed by atoms with Gasteiger partial charge in [0.25, 0.3) is 5.89 Å². The molecule has 0 bridgehead atoms. The lowest BCUT2D eigenvalue weighted by Gasteiger charge is -2.43. The summed E-state index contributed by atoms with van der Waals surface area (Å²) in [7, 11) is 0. The fraction of sp³-hybridized carbons (Fsp3) is 0.429. The van der Waals surface area contributed by atoms with Gasteiger partial charge in [-0.25, -0.2) is 9.18 Å². The van der Waals surface area contributed by atoms with E-state index in [-0.39, 0.29) is 35.1 Å². The summed E-state index contributed by atoms with van der Waals surface area (Å²) >= 11 is 0. The molecule has 0 aliphatic heterocycles. The van der Waals surface area contributed by atoms with E-state index in [1.165, 1.54) is 17.7 Å². The number of benzene rings is 2. The summed E-state index contributed by atoms with van der Waals surface area (Å²) in [5.74, 6) is 0.198. The first-order valence-electron chi connectivity index (χ1n) is 12.3. The minimum Gasteiger partial charge on any atom is -0.444 e. The van der Waals surface area contributed by atoms with Gasteiger partial charge in [-0.05, 0) is 63.8 Å². The fourth-order valence-corrected chi connectivity index (χ4v) is 4.91. The number of hydrogen-bond donors (Lipinski definition) is 0. The Labute approximate surface area is 209 Å². The molecule has 0 radical (unpaired) electrons. The molecule has 186 valence electrons. The number of hydrogen-bond acceptors (Lipinski definition) is 6. The molecule has 2 saturated carbocycles. The average Bonchev–Trinajstić information content (AvgIpc) is 3.45. The molecule has 0 N–H and O–H groups in total. The number of carbonyl (C=O) groups excluding carboxylic acids is 1. The van der Waals surface area contributed by atoms with Crippen LogP contribution in [0, 0.1) is 17.1 Å². The van der Waals surface area contributed by atoms with Crippen molar-refractivity contribution < 1.29 is 18.4 Å². The smallest absolute Gasteiger partial charge is 0.410 e. The van der Waals surface area contributed by atoms with Gasteiger partial charge in [-0.1, -0.05) is 41.9 Å². The monoisotopic (exact) mass is 488 g/mol. The van der Waals surface area contributed by atoms with Gasteiger partial charge in [0.1, 0.15) is 11.4 Å². The van der Waals surface area contributed by atoms with Gasteiger partial charge < -0.3 is 14.2 Å². The number of ether oxygens (including phenoxy) is 1. The van der Waals surface area contributed by atoms with E-state index >= 15 is 0 Å². The van der Waals surface area contributed by atoms with Crippen molar-refractivity contribution in [1.82, 2.24) is 15.0 Å². The van der Waals surface area contributed by atoms with Gasteiger partial charge in [0, 0.05) is 18.5 Å². The lowest BCUT2D eigenvalue weighted by Crippen LogP contribution is -2.50. The molecule has 1 unspecified atom stereocenters. The van der Waals surface area contributed by atoms with Crippen molar-refractivity contribution in [2.75, 3.05) is 6.54 Å². The van der Waals surface area contributed by atoms with Crippen LogP contribution >= 0.6 is 0 Å². The number of carbonyl (C=O) groups is 1. The molecule has 5 rings (SSSR count). The van der Waals surface area contributed by atoms with E-state index < -0.39 is 16.8 Å². The standard InChI is InChI=1S/C28H29FN4O3/c1-27(2,3)35-26(34)33(23-15-21(23)19-8-5-4-6-9-19)17-28(12-7-13-28)25-31-24(36-32-25)20-11-10-18(16-30)14-22(20)29/h4-6,8-11,14,21,23H,7,12-13,15,17H2,1-3H3/t21?,23-/m0/s1. The topological polar surface area (TPSA) is 92.2 Å². The maximum atomic E-state index is 14.6. The number of nitriles is 1. The first-order chi connectivity index (χ1) is 17.2. The Hall–Kier alpha value is -3.73. The van der Waals surface area contributed by atoms with Crippen molar-refractivity contribution in [2.45, 2.75) is 69.4 Å². The van der Waals surface area contributed by atoms with Crippen LogP contribution in [-0.2, 0) is 10.2 Å². The van der Waals surface area contributed by atoms with Crippen molar-refractivity contribution in [3.05, 3.63) is 71.3 Å². The van der Waals surface area contributed by atoms with E-state index in [0.717, 1.165) is 31.7 Å². The molecular weight excluding hydrogens is 459 g/mol. The lowest BCUT2D eigenvalue weighted by atomic mass is 9.67. The van der Waals surface area contributed by atoms with E-state index in [2.05, 4.69) is 22.3 Å². The van der Waals surface area contributed by atoms with Gasteiger partial charge in [-0.2, -0.15) is 10.2 Å². The largest absolute Gasteiger partial charge is 0.444 e. The maximum absolute atomic E-state index is 14.6. The van der Waals surface area contributed by atoms with Crippen LogP contribution in [0.3, 0.4) is 0 Å². The summed E-state index contributed by atoms with van der Waals surface area (Å²) in [6.45, 7) is 5.99. The van der Waals surface area contributed by atoms with Gasteiger partial charge >= 0.3 is 6.09 Å². The van der Waals surface area contributed by atoms with Crippen LogP contribution in [0.2, 0.25) is 0 Å². The summed E-state index contributed by atoms with van der Waals surface area (Å²) in [6.07, 6.45) is 3.09. The molecular formula is C28H29FN4O3. The molecule has 7 nitrogen and oxygen atoms in total. The maximum Gasteiger partial charge on any atom is 0.410 e. The van der Waals surface area contributed by atoms with Crippen LogP contribution < -0.4 is 0 Å². The van der Waals surface area contributed by atoms with Crippen molar-refractivity contribution >= 4 is 6.09 Å². The van der Waals surface area contributed by atoms with E-state index in [4.69, 9.17) is 14.5 Å². The first-order valence-corrected chi connectivity index (χ1v) is 12.3. The van der Waals surface area contributed by atoms with Crippen LogP contribution in [0.15, 0.2) is 53.1 Å². The van der Waals surface area contributed by atoms with Crippen LogP contribution in [0.4, 0.5) is 9.18 Å². The molecule has 0 saturated heterocycles. The van der Waals surface area contributed by atoms with Gasteiger partial charge in [0.2, 0.25) is 0 Å². The zero-order valence-corrected chi connectivity index (χ0v) is 20.7. The van der Waals surface area contributed by atoms with Gasteiger partial charge in [-0.3, -0.25) is 0 Å². The van der Waals surface area contributed by atoms with E-state index in [0.29, 0.717) is 12.4 Å². The number of aromatic nitrogens is 2. The Bertz CT molecular complexity index is 1300. The third-order valence-corrected chi connectivity index (χ3v) is 7.03. The highest BCUT2D eigenvalue weighted by Crippen LogP contribution is 2.49. The molecule has 0 spiro atoms. The van der Waals surface area contributed by atoms with Crippen molar-refractivity contribution in [3.63, 3.8) is 0 Å². The quantitative estimate of drug-likeness (QED) is 0.425. The van der Waals surface area contributed by atoms with Crippen molar-refractivity contribution in [2.24, 2.45) is 0 Å². The molecule has 1 heterocycles. The summed E-state index contributed by atoms with van der Waals surface area (Å²) in [6, 6.07) is 16.3. The summed E-state index contributed by atoms with van der Waals surface area (Å²) in [5, 5.41) is 13.2. The Morgan fingerprint density at radius 2 is 2.00 bits per heavy atom. The third kappa shape index (κ3) is 4.70. The molecule has 1 amide bonds. The molecule has 2 aliphatic carbocycles. The second kappa shape index (κ2) is 9.05. The minimum absolute atomic E-state index is 0.0297. The van der Waals surface area contributed by atoms with Gasteiger partial charge in [-0.15, -0.1) is 0 Å². The first kappa shape index (κ1) is 24.0. The Morgan fingerprint density at radius 3 is 2.61 bits per heavy atom. The zero-order chi connectivity index (χ0) is 25.5. The molecule has 2 aromatic carbocycles. The molecule has 8 heteroatoms. The normalized spacial score (nSPS) is 20.2. The number of amides is 1. The third-order valence-electron chi connectivity index (χ3n) is 7.03. The molecule has 3 aromatic rings. The number of halogens is 1. The molecule has 2 atom stereocenters. The number of rotatable bonds is 6. The van der Waals surface area contributed by atoms with Crippen LogP contribution in [0.5, 0.6) is 0 Å². The van der Waals surface area contributed by atoms with E-state index in [1.807, 2.05) is 49.9 Å². The van der Waals surface area contributed by atoms with Crippen molar-refractivity contribution in [1.29, 1.82) is 5.26 Å². The highest BCUT2D eigenvalue weighted by Gasteiger charge is 2.52. The lowest BCUT2D eigenvalue weighted by molar-refractivity contribution is 0.0123. The second-order valence-corrected chi connectivity index (χ2v) is 10.8. The highest BCUT2D eigenvalue weighted by atomic mass is 19.1. The SMILES string of the molecule is CC(C)(C)OC(=O)N(CC1(c2noc(-c3ccc(C#N)cc3F)n2)CCC1)[C@H]1CC1c1ccccc1. The van der Waals surface area contributed by atoms with E-state index in [9.17, 15) is 9.18 Å². The van der Waals surface area contributed by atoms with Crippen LogP contribution in [0.25, 0.3) is 11.5 Å². The van der Waals surface area contributed by atoms with Crippen LogP contribution in [-0.4, -0.2) is 39.3 Å². The summed E-state index contributed by atoms with van der Waals surface area (Å²) < 4.78 is 25.8. The summed E-state index contributed by atoms with van der Waals surface area (Å²) in [4.78, 5) is 19.8. The highest BCUT2D eigenvalue weighted by molar-refractivity contribution is 5.70. The summed E-state index contributed by atoms with van der Waals surface area (Å²) in [5.41, 5.74) is 0.475. The predicted molar refractivity (Wildman–Crippen MR) is 130 cm³/mol. The van der Waals surface area contributed by atoms with Crippen molar-refractivity contribution in [3.8, 4) is 17.5 Å². The predicted octanol–water partition coefficient (Wildman–Crippen LogP) is 5.96. The fourth-order valence-electron chi connectivity index (χ4n) is 4.91. The van der Waals surface area contributed by atoms with E-state index in [1.54, 1.807) is 0 Å². The Kier molecular flexibility index (Phi) is 6.03. The van der Waals surface area contributed by atoms with Crippen LogP contribution in [0.1, 0.15) is 69.3 Å². The second-order valence-electron chi connectivity index (χ2n) is 10.8. The Morgan fingerprint density at radius 1 is 1.25 bits per heavy atom. The number of nitrogens with zero attached hydrogens (tertiary/aromatic N) is 4. The Balaban J connectivity index is 1.42. The van der Waals surface area contributed by atoms with Gasteiger partial charge in [0.15, 0.2) is 5.82 Å². The molecule has 36 heavy (non-hydrogen) atoms. The zero-order valence-electron chi connectivity index (χ0n) is 20.7. The molecule has 2 aliphatic rings.